The maximum absolute atomic E-state index is 13.6. The Morgan fingerprint density at radius 1 is 0.905 bits per heavy atom. The van der Waals surface area contributed by atoms with Gasteiger partial charge in [0.25, 0.3) is 10.0 Å². The fourth-order valence-corrected chi connectivity index (χ4v) is 7.92. The number of carbonyl (C=O) groups is 1. The molecule has 0 spiro atoms. The van der Waals surface area contributed by atoms with E-state index in [4.69, 9.17) is 11.6 Å². The van der Waals surface area contributed by atoms with E-state index >= 15 is 0 Å². The van der Waals surface area contributed by atoms with Gasteiger partial charge in [0, 0.05) is 28.3 Å². The van der Waals surface area contributed by atoms with Crippen LogP contribution in [-0.4, -0.2) is 40.1 Å². The molecular formula is C30H27BrClN3O5S2. The Morgan fingerprint density at radius 3 is 2.21 bits per heavy atom. The van der Waals surface area contributed by atoms with Gasteiger partial charge in [-0.05, 0) is 85.1 Å². The van der Waals surface area contributed by atoms with Gasteiger partial charge in [-0.2, -0.15) is 4.31 Å². The van der Waals surface area contributed by atoms with Crippen molar-refractivity contribution < 1.29 is 21.6 Å². The number of hydrogen-bond acceptors (Lipinski definition) is 5. The highest BCUT2D eigenvalue weighted by Gasteiger charge is 2.32. The lowest BCUT2D eigenvalue weighted by Crippen LogP contribution is -2.37. The predicted octanol–water partition coefficient (Wildman–Crippen LogP) is 5.99. The molecule has 1 N–H and O–H groups in total. The van der Waals surface area contributed by atoms with Gasteiger partial charge < -0.3 is 5.32 Å². The summed E-state index contributed by atoms with van der Waals surface area (Å²) in [5.74, 6) is -0.562. The molecule has 1 aliphatic rings. The monoisotopic (exact) mass is 687 g/mol. The number of sulfonamides is 2. The van der Waals surface area contributed by atoms with Crippen LogP contribution in [0.3, 0.4) is 0 Å². The molecule has 0 unspecified atom stereocenters. The summed E-state index contributed by atoms with van der Waals surface area (Å²) in [4.78, 5) is 13.4. The molecule has 0 fully saturated rings. The molecule has 12 heteroatoms. The van der Waals surface area contributed by atoms with Crippen LogP contribution in [0, 0.1) is 6.92 Å². The molecule has 0 bridgehead atoms. The van der Waals surface area contributed by atoms with Crippen molar-refractivity contribution in [1.82, 2.24) is 4.31 Å². The van der Waals surface area contributed by atoms with Gasteiger partial charge in [0.05, 0.1) is 22.0 Å². The third-order valence-corrected chi connectivity index (χ3v) is 11.3. The molecule has 0 aromatic heterocycles. The van der Waals surface area contributed by atoms with E-state index in [0.29, 0.717) is 22.8 Å². The van der Waals surface area contributed by atoms with Crippen LogP contribution in [0.4, 0.5) is 11.4 Å². The lowest BCUT2D eigenvalue weighted by atomic mass is 10.1. The lowest BCUT2D eigenvalue weighted by Gasteiger charge is -2.23. The van der Waals surface area contributed by atoms with E-state index in [0.717, 1.165) is 25.5 Å². The average molecular weight is 689 g/mol. The van der Waals surface area contributed by atoms with E-state index in [1.54, 1.807) is 30.3 Å². The van der Waals surface area contributed by atoms with Crippen LogP contribution in [0.2, 0.25) is 5.02 Å². The molecule has 42 heavy (non-hydrogen) atoms. The Morgan fingerprint density at radius 2 is 1.55 bits per heavy atom. The summed E-state index contributed by atoms with van der Waals surface area (Å²) in [7, 11) is -7.88. The Hall–Kier alpha value is -3.22. The molecule has 218 valence electrons. The van der Waals surface area contributed by atoms with Crippen LogP contribution in [0.5, 0.6) is 0 Å². The van der Waals surface area contributed by atoms with Crippen molar-refractivity contribution in [3.05, 3.63) is 117 Å². The SMILES string of the molecule is Cc1ccc(CN(CC(=O)Nc2ccc3c(c2)N(S(=O)(=O)c2ccc(Cl)cc2)CC3)S(=O)(=O)c2ccc(Br)cc2)cc1. The number of amides is 1. The highest BCUT2D eigenvalue weighted by molar-refractivity contribution is 9.10. The molecule has 1 amide bonds. The zero-order valence-corrected chi connectivity index (χ0v) is 26.5. The summed E-state index contributed by atoms with van der Waals surface area (Å²) in [6, 6.07) is 24.6. The van der Waals surface area contributed by atoms with Gasteiger partial charge in [-0.1, -0.05) is 63.4 Å². The van der Waals surface area contributed by atoms with Crippen LogP contribution in [0.25, 0.3) is 0 Å². The molecule has 0 saturated carbocycles. The third-order valence-electron chi connectivity index (χ3n) is 6.87. The molecule has 1 heterocycles. The fourth-order valence-electron chi connectivity index (χ4n) is 4.65. The minimum Gasteiger partial charge on any atom is -0.325 e. The Bertz CT molecular complexity index is 1830. The van der Waals surface area contributed by atoms with E-state index in [2.05, 4.69) is 21.2 Å². The first-order valence-corrected chi connectivity index (χ1v) is 17.0. The number of halogens is 2. The highest BCUT2D eigenvalue weighted by Crippen LogP contribution is 2.35. The van der Waals surface area contributed by atoms with Crippen molar-refractivity contribution in [1.29, 1.82) is 0 Å². The van der Waals surface area contributed by atoms with E-state index in [1.807, 2.05) is 31.2 Å². The molecule has 0 atom stereocenters. The van der Waals surface area contributed by atoms with Gasteiger partial charge in [0.15, 0.2) is 0 Å². The summed E-state index contributed by atoms with van der Waals surface area (Å²) in [5.41, 5.74) is 3.40. The number of aryl methyl sites for hydroxylation is 1. The normalized spacial score (nSPS) is 13.3. The molecule has 4 aromatic rings. The van der Waals surface area contributed by atoms with E-state index in [1.165, 1.54) is 40.7 Å². The first-order valence-electron chi connectivity index (χ1n) is 13.0. The van der Waals surface area contributed by atoms with Crippen LogP contribution in [0.1, 0.15) is 16.7 Å². The molecule has 8 nitrogen and oxygen atoms in total. The topological polar surface area (TPSA) is 104 Å². The Labute approximate surface area is 259 Å². The minimum atomic E-state index is -4.03. The maximum Gasteiger partial charge on any atom is 0.264 e. The van der Waals surface area contributed by atoms with Gasteiger partial charge in [-0.15, -0.1) is 0 Å². The second-order valence-corrected chi connectivity index (χ2v) is 15.0. The van der Waals surface area contributed by atoms with Crippen molar-refractivity contribution in [2.24, 2.45) is 0 Å². The number of carbonyl (C=O) groups excluding carboxylic acids is 1. The molecule has 0 aliphatic carbocycles. The molecule has 5 rings (SSSR count). The smallest absolute Gasteiger partial charge is 0.264 e. The molecule has 4 aromatic carbocycles. The summed E-state index contributed by atoms with van der Waals surface area (Å²) < 4.78 is 57.1. The number of hydrogen-bond donors (Lipinski definition) is 1. The van der Waals surface area contributed by atoms with Crippen molar-refractivity contribution in [2.45, 2.75) is 29.7 Å². The largest absolute Gasteiger partial charge is 0.325 e. The quantitative estimate of drug-likeness (QED) is 0.233. The van der Waals surface area contributed by atoms with Crippen LogP contribution in [0.15, 0.2) is 105 Å². The predicted molar refractivity (Wildman–Crippen MR) is 168 cm³/mol. The maximum atomic E-state index is 13.6. The first kappa shape index (κ1) is 30.2. The summed E-state index contributed by atoms with van der Waals surface area (Å²) in [5, 5.41) is 3.19. The summed E-state index contributed by atoms with van der Waals surface area (Å²) in [6.07, 6.45) is 0.520. The second kappa shape index (κ2) is 12.2. The third kappa shape index (κ3) is 6.55. The zero-order chi connectivity index (χ0) is 30.1. The second-order valence-electron chi connectivity index (χ2n) is 9.89. The lowest BCUT2D eigenvalue weighted by molar-refractivity contribution is -0.116. The van der Waals surface area contributed by atoms with Crippen LogP contribution < -0.4 is 9.62 Å². The highest BCUT2D eigenvalue weighted by atomic mass is 79.9. The van der Waals surface area contributed by atoms with Gasteiger partial charge in [0.2, 0.25) is 15.9 Å². The average Bonchev–Trinajstić information content (AvgIpc) is 3.38. The Balaban J connectivity index is 1.39. The van der Waals surface area contributed by atoms with Gasteiger partial charge in [0.1, 0.15) is 0 Å². The number of nitrogens with one attached hydrogen (secondary N) is 1. The van der Waals surface area contributed by atoms with Gasteiger partial charge >= 0.3 is 0 Å². The van der Waals surface area contributed by atoms with Crippen molar-refractivity contribution in [3.8, 4) is 0 Å². The van der Waals surface area contributed by atoms with Gasteiger partial charge in [-0.25, -0.2) is 16.8 Å². The van der Waals surface area contributed by atoms with Crippen molar-refractivity contribution >= 4 is 64.9 Å². The van der Waals surface area contributed by atoms with Crippen LogP contribution >= 0.6 is 27.5 Å². The molecule has 0 radical (unpaired) electrons. The van der Waals surface area contributed by atoms with Crippen molar-refractivity contribution in [2.75, 3.05) is 22.7 Å². The summed E-state index contributed by atoms with van der Waals surface area (Å²) in [6.45, 7) is 1.74. The number of rotatable bonds is 9. The van der Waals surface area contributed by atoms with Gasteiger partial charge in [-0.3, -0.25) is 9.10 Å². The number of anilines is 2. The number of benzene rings is 4. The standard InChI is InChI=1S/C30H27BrClN3O5S2/c1-21-2-4-22(5-3-21)19-34(41(37,38)27-12-7-24(31)8-13-27)20-30(36)33-26-11-6-23-16-17-35(29(23)18-26)42(39,40)28-14-9-25(32)10-15-28/h2-15,18H,16-17,19-20H2,1H3,(H,33,36). The number of fused-ring (bicyclic) bond motifs is 1. The fraction of sp³-hybridized carbons (Fsp3) is 0.167. The van der Waals surface area contributed by atoms with E-state index in [9.17, 15) is 21.6 Å². The van der Waals surface area contributed by atoms with E-state index in [-0.39, 0.29) is 22.9 Å². The summed E-state index contributed by atoms with van der Waals surface area (Å²) >= 11 is 9.26. The minimum absolute atomic E-state index is 0.0105. The van der Waals surface area contributed by atoms with Crippen molar-refractivity contribution in [3.63, 3.8) is 0 Å². The molecule has 0 saturated heterocycles. The molecule has 1 aliphatic heterocycles. The Kier molecular flexibility index (Phi) is 8.77. The number of nitrogens with zero attached hydrogens (tertiary/aromatic N) is 2. The van der Waals surface area contributed by atoms with Crippen LogP contribution in [-0.2, 0) is 37.8 Å². The molecular weight excluding hydrogens is 662 g/mol. The van der Waals surface area contributed by atoms with E-state index < -0.39 is 32.5 Å². The zero-order valence-electron chi connectivity index (χ0n) is 22.5. The first-order chi connectivity index (χ1) is 19.9.